The molecule has 1 heterocycles. The van der Waals surface area contributed by atoms with Gasteiger partial charge < -0.3 is 9.72 Å². The van der Waals surface area contributed by atoms with E-state index in [1.807, 2.05) is 37.3 Å². The lowest BCUT2D eigenvalue weighted by atomic mass is 10.1. The van der Waals surface area contributed by atoms with Gasteiger partial charge in [0, 0.05) is 10.3 Å². The van der Waals surface area contributed by atoms with Gasteiger partial charge in [-0.1, -0.05) is 42.1 Å². The minimum Gasteiger partial charge on any atom is -0.464 e. The SMILES string of the molecule is COC(=O)c1[nH]c2c(C)ccc(C)c2c1Sc1ccccc1. The molecule has 2 aromatic carbocycles. The van der Waals surface area contributed by atoms with E-state index < -0.39 is 0 Å². The van der Waals surface area contributed by atoms with Crippen LogP contribution in [0, 0.1) is 13.8 Å². The lowest BCUT2D eigenvalue weighted by molar-refractivity contribution is 0.0591. The summed E-state index contributed by atoms with van der Waals surface area (Å²) in [5.74, 6) is -0.339. The van der Waals surface area contributed by atoms with Crippen LogP contribution < -0.4 is 0 Å². The standard InChI is InChI=1S/C18H17NO2S/c1-11-9-10-12(2)15-14(11)17(16(19-15)18(20)21-3)22-13-7-5-4-6-8-13/h4-10,19H,1-3H3. The number of H-pyrrole nitrogens is 1. The quantitative estimate of drug-likeness (QED) is 0.711. The number of ether oxygens (including phenoxy) is 1. The van der Waals surface area contributed by atoms with Crippen molar-refractivity contribution in [3.8, 4) is 0 Å². The zero-order chi connectivity index (χ0) is 15.7. The number of hydrogen-bond acceptors (Lipinski definition) is 3. The Morgan fingerprint density at radius 2 is 1.73 bits per heavy atom. The van der Waals surface area contributed by atoms with Gasteiger partial charge in [0.15, 0.2) is 0 Å². The van der Waals surface area contributed by atoms with Crippen LogP contribution >= 0.6 is 11.8 Å². The second kappa shape index (κ2) is 5.89. The molecule has 1 aromatic heterocycles. The van der Waals surface area contributed by atoms with Crippen molar-refractivity contribution in [2.24, 2.45) is 0 Å². The van der Waals surface area contributed by atoms with Crippen LogP contribution in [0.4, 0.5) is 0 Å². The molecule has 0 aliphatic rings. The molecule has 1 N–H and O–H groups in total. The topological polar surface area (TPSA) is 42.1 Å². The zero-order valence-corrected chi connectivity index (χ0v) is 13.6. The van der Waals surface area contributed by atoms with Crippen LogP contribution in [0.5, 0.6) is 0 Å². The monoisotopic (exact) mass is 311 g/mol. The predicted octanol–water partition coefficient (Wildman–Crippen LogP) is 4.72. The maximum atomic E-state index is 12.1. The van der Waals surface area contributed by atoms with Crippen LogP contribution in [0.25, 0.3) is 10.9 Å². The van der Waals surface area contributed by atoms with E-state index in [1.165, 1.54) is 7.11 Å². The number of fused-ring (bicyclic) bond motifs is 1. The van der Waals surface area contributed by atoms with Crippen LogP contribution in [0.1, 0.15) is 21.6 Å². The Hall–Kier alpha value is -2.20. The van der Waals surface area contributed by atoms with Crippen LogP contribution in [0.15, 0.2) is 52.3 Å². The highest BCUT2D eigenvalue weighted by molar-refractivity contribution is 7.99. The molecule has 0 saturated heterocycles. The highest BCUT2D eigenvalue weighted by Gasteiger charge is 2.21. The molecule has 0 aliphatic heterocycles. The first-order valence-corrected chi connectivity index (χ1v) is 7.86. The zero-order valence-electron chi connectivity index (χ0n) is 12.8. The summed E-state index contributed by atoms with van der Waals surface area (Å²) in [6.07, 6.45) is 0. The summed E-state index contributed by atoms with van der Waals surface area (Å²) in [6, 6.07) is 14.2. The molecule has 0 amide bonds. The smallest absolute Gasteiger partial charge is 0.355 e. The molecule has 3 aromatic rings. The van der Waals surface area contributed by atoms with Gasteiger partial charge >= 0.3 is 5.97 Å². The van der Waals surface area contributed by atoms with Gasteiger partial charge in [-0.15, -0.1) is 0 Å². The third-order valence-electron chi connectivity index (χ3n) is 3.68. The molecule has 3 nitrogen and oxygen atoms in total. The molecule has 0 radical (unpaired) electrons. The summed E-state index contributed by atoms with van der Waals surface area (Å²) >= 11 is 1.58. The summed E-state index contributed by atoms with van der Waals surface area (Å²) in [7, 11) is 1.41. The summed E-state index contributed by atoms with van der Waals surface area (Å²) in [4.78, 5) is 17.4. The Balaban J connectivity index is 2.25. The van der Waals surface area contributed by atoms with Gasteiger partial charge in [-0.25, -0.2) is 4.79 Å². The minimum absolute atomic E-state index is 0.339. The Kier molecular flexibility index (Phi) is 3.94. The predicted molar refractivity (Wildman–Crippen MR) is 89.7 cm³/mol. The first-order chi connectivity index (χ1) is 10.6. The first-order valence-electron chi connectivity index (χ1n) is 7.05. The summed E-state index contributed by atoms with van der Waals surface area (Å²) in [5.41, 5.74) is 3.78. The molecular weight excluding hydrogens is 294 g/mol. The van der Waals surface area contributed by atoms with Gasteiger partial charge in [0.2, 0.25) is 0 Å². The van der Waals surface area contributed by atoms with Gasteiger partial charge in [0.1, 0.15) is 5.69 Å². The molecule has 0 atom stereocenters. The number of carbonyl (C=O) groups excluding carboxylic acids is 1. The molecule has 4 heteroatoms. The van der Waals surface area contributed by atoms with Crippen molar-refractivity contribution in [3.05, 3.63) is 59.3 Å². The van der Waals surface area contributed by atoms with E-state index in [-0.39, 0.29) is 5.97 Å². The van der Waals surface area contributed by atoms with Gasteiger partial charge in [0.05, 0.1) is 17.5 Å². The van der Waals surface area contributed by atoms with Crippen molar-refractivity contribution >= 4 is 28.6 Å². The molecule has 0 unspecified atom stereocenters. The summed E-state index contributed by atoms with van der Waals surface area (Å²) < 4.78 is 4.94. The van der Waals surface area contributed by atoms with Gasteiger partial charge in [0.25, 0.3) is 0 Å². The number of rotatable bonds is 3. The molecular formula is C18H17NO2S. The van der Waals surface area contributed by atoms with Crippen molar-refractivity contribution in [1.82, 2.24) is 4.98 Å². The number of hydrogen-bond donors (Lipinski definition) is 1. The van der Waals surface area contributed by atoms with Crippen molar-refractivity contribution < 1.29 is 9.53 Å². The van der Waals surface area contributed by atoms with Crippen LogP contribution in [-0.2, 0) is 4.74 Å². The Morgan fingerprint density at radius 3 is 2.41 bits per heavy atom. The fourth-order valence-electron chi connectivity index (χ4n) is 2.53. The van der Waals surface area contributed by atoms with Crippen LogP contribution in [-0.4, -0.2) is 18.1 Å². The van der Waals surface area contributed by atoms with Crippen LogP contribution in [0.3, 0.4) is 0 Å². The number of esters is 1. The lowest BCUT2D eigenvalue weighted by Gasteiger charge is -2.05. The largest absolute Gasteiger partial charge is 0.464 e. The number of nitrogens with one attached hydrogen (secondary N) is 1. The van der Waals surface area contributed by atoms with Gasteiger partial charge in [-0.05, 0) is 37.1 Å². The first kappa shape index (κ1) is 14.7. The van der Waals surface area contributed by atoms with Crippen molar-refractivity contribution in [3.63, 3.8) is 0 Å². The third kappa shape index (κ3) is 2.50. The molecule has 3 rings (SSSR count). The normalized spacial score (nSPS) is 10.9. The maximum absolute atomic E-state index is 12.1. The molecule has 0 saturated carbocycles. The molecule has 0 aliphatic carbocycles. The maximum Gasteiger partial charge on any atom is 0.355 e. The van der Waals surface area contributed by atoms with E-state index in [9.17, 15) is 4.79 Å². The van der Waals surface area contributed by atoms with E-state index in [0.717, 1.165) is 31.8 Å². The second-order valence-corrected chi connectivity index (χ2v) is 6.27. The number of carbonyl (C=O) groups is 1. The minimum atomic E-state index is -0.339. The highest BCUT2D eigenvalue weighted by atomic mass is 32.2. The van der Waals surface area contributed by atoms with Crippen LogP contribution in [0.2, 0.25) is 0 Å². The molecule has 0 fully saturated rings. The van der Waals surface area contributed by atoms with E-state index in [4.69, 9.17) is 4.74 Å². The van der Waals surface area contributed by atoms with Gasteiger partial charge in [-0.2, -0.15) is 0 Å². The fraction of sp³-hybridized carbons (Fsp3) is 0.167. The average Bonchev–Trinajstić information content (AvgIpc) is 2.92. The summed E-state index contributed by atoms with van der Waals surface area (Å²) in [6.45, 7) is 4.10. The van der Waals surface area contributed by atoms with Crippen molar-refractivity contribution in [2.75, 3.05) is 7.11 Å². The van der Waals surface area contributed by atoms with Gasteiger partial charge in [-0.3, -0.25) is 0 Å². The number of benzene rings is 2. The Bertz CT molecular complexity index is 837. The van der Waals surface area contributed by atoms with Crippen molar-refractivity contribution in [1.29, 1.82) is 0 Å². The number of methoxy groups -OCH3 is 1. The molecule has 0 spiro atoms. The summed E-state index contributed by atoms with van der Waals surface area (Å²) in [5, 5.41) is 1.09. The molecule has 112 valence electrons. The average molecular weight is 311 g/mol. The van der Waals surface area contributed by atoms with Crippen molar-refractivity contribution in [2.45, 2.75) is 23.6 Å². The number of aryl methyl sites for hydroxylation is 2. The third-order valence-corrected chi connectivity index (χ3v) is 4.80. The van der Waals surface area contributed by atoms with E-state index >= 15 is 0 Å². The number of aromatic nitrogens is 1. The van der Waals surface area contributed by atoms with E-state index in [0.29, 0.717) is 5.69 Å². The number of aromatic amines is 1. The molecule has 0 bridgehead atoms. The fourth-order valence-corrected chi connectivity index (χ4v) is 3.66. The highest BCUT2D eigenvalue weighted by Crippen LogP contribution is 2.39. The van der Waals surface area contributed by atoms with E-state index in [2.05, 4.69) is 24.0 Å². The lowest BCUT2D eigenvalue weighted by Crippen LogP contribution is -2.02. The van der Waals surface area contributed by atoms with E-state index in [1.54, 1.807) is 11.8 Å². The Morgan fingerprint density at radius 1 is 1.05 bits per heavy atom. The second-order valence-electron chi connectivity index (χ2n) is 5.19. The molecule has 22 heavy (non-hydrogen) atoms. The Labute approximate surface area is 133 Å².